The second kappa shape index (κ2) is 7.33. The van der Waals surface area contributed by atoms with Crippen LogP contribution in [-0.4, -0.2) is 48.6 Å². The molecule has 0 bridgehead atoms. The molecule has 29 heavy (non-hydrogen) atoms. The molecule has 7 heteroatoms. The zero-order valence-electron chi connectivity index (χ0n) is 16.1. The van der Waals surface area contributed by atoms with Gasteiger partial charge in [-0.3, -0.25) is 9.69 Å². The second-order valence-electron chi connectivity index (χ2n) is 7.72. The number of hydrogen-bond donors (Lipinski definition) is 2. The van der Waals surface area contributed by atoms with Gasteiger partial charge in [-0.2, -0.15) is 0 Å². The molecule has 0 amide bonds. The molecule has 5 rings (SSSR count). The number of aromatic amines is 1. The number of aliphatic carboxylic acids is 1. The minimum Gasteiger partial charge on any atom is -0.481 e. The van der Waals surface area contributed by atoms with E-state index in [0.717, 1.165) is 53.1 Å². The molecular formula is C22H23N5O2. The van der Waals surface area contributed by atoms with Gasteiger partial charge in [-0.25, -0.2) is 9.97 Å². The van der Waals surface area contributed by atoms with Crippen molar-refractivity contribution in [2.75, 3.05) is 13.1 Å². The molecule has 1 atom stereocenters. The predicted octanol–water partition coefficient (Wildman–Crippen LogP) is 3.26. The molecule has 2 aromatic carbocycles. The van der Waals surface area contributed by atoms with Crippen LogP contribution in [0.15, 0.2) is 48.5 Å². The van der Waals surface area contributed by atoms with E-state index in [0.29, 0.717) is 19.6 Å². The van der Waals surface area contributed by atoms with Gasteiger partial charge in [0.15, 0.2) is 0 Å². The molecule has 2 N–H and O–H groups in total. The highest BCUT2D eigenvalue weighted by Gasteiger charge is 2.26. The standard InChI is InChI=1S/C22H23N5O2/c28-22(29)15-6-5-11-26(12-15)14-21-25-18-9-3-4-10-19(18)27(21)13-20-23-16-7-1-2-8-17(16)24-20/h1-4,7-10,15H,5-6,11-14H2,(H,23,24)(H,28,29). The van der Waals surface area contributed by atoms with Crippen LogP contribution in [-0.2, 0) is 17.9 Å². The van der Waals surface area contributed by atoms with Crippen molar-refractivity contribution in [2.45, 2.75) is 25.9 Å². The maximum atomic E-state index is 11.4. The molecule has 0 radical (unpaired) electrons. The lowest BCUT2D eigenvalue weighted by molar-refractivity contribution is -0.143. The highest BCUT2D eigenvalue weighted by atomic mass is 16.4. The van der Waals surface area contributed by atoms with Crippen LogP contribution in [0.4, 0.5) is 0 Å². The third-order valence-corrected chi connectivity index (χ3v) is 5.70. The number of hydrogen-bond acceptors (Lipinski definition) is 4. The van der Waals surface area contributed by atoms with Crippen LogP contribution in [0.1, 0.15) is 24.5 Å². The minimum absolute atomic E-state index is 0.294. The Balaban J connectivity index is 1.48. The number of carbonyl (C=O) groups is 1. The Kier molecular flexibility index (Phi) is 4.52. The van der Waals surface area contributed by atoms with Crippen LogP contribution in [0.2, 0.25) is 0 Å². The number of likely N-dealkylation sites (tertiary alicyclic amines) is 1. The van der Waals surface area contributed by atoms with E-state index in [-0.39, 0.29) is 5.92 Å². The molecule has 1 unspecified atom stereocenters. The Morgan fingerprint density at radius 3 is 2.69 bits per heavy atom. The second-order valence-corrected chi connectivity index (χ2v) is 7.72. The van der Waals surface area contributed by atoms with Crippen LogP contribution >= 0.6 is 0 Å². The number of nitrogens with one attached hydrogen (secondary N) is 1. The van der Waals surface area contributed by atoms with Crippen molar-refractivity contribution in [3.63, 3.8) is 0 Å². The third-order valence-electron chi connectivity index (χ3n) is 5.70. The Morgan fingerprint density at radius 2 is 1.86 bits per heavy atom. The summed E-state index contributed by atoms with van der Waals surface area (Å²) in [7, 11) is 0. The molecule has 0 saturated carbocycles. The number of piperidine rings is 1. The van der Waals surface area contributed by atoms with Gasteiger partial charge in [0.1, 0.15) is 11.6 Å². The van der Waals surface area contributed by atoms with E-state index in [4.69, 9.17) is 9.97 Å². The van der Waals surface area contributed by atoms with Gasteiger partial charge in [-0.05, 0) is 43.7 Å². The summed E-state index contributed by atoms with van der Waals surface area (Å²) in [6.07, 6.45) is 1.65. The molecule has 7 nitrogen and oxygen atoms in total. The van der Waals surface area contributed by atoms with Crippen molar-refractivity contribution in [3.8, 4) is 0 Å². The molecule has 1 aliphatic heterocycles. The summed E-state index contributed by atoms with van der Waals surface area (Å²) in [5.41, 5.74) is 3.99. The van der Waals surface area contributed by atoms with E-state index in [9.17, 15) is 9.90 Å². The predicted molar refractivity (Wildman–Crippen MR) is 111 cm³/mol. The average molecular weight is 389 g/mol. The first-order valence-electron chi connectivity index (χ1n) is 10.0. The van der Waals surface area contributed by atoms with Crippen LogP contribution in [0.25, 0.3) is 22.1 Å². The molecule has 1 fully saturated rings. The molecule has 1 aliphatic rings. The molecular weight excluding hydrogens is 366 g/mol. The fraction of sp³-hybridized carbons (Fsp3) is 0.318. The first-order chi connectivity index (χ1) is 14.2. The van der Waals surface area contributed by atoms with Crippen LogP contribution in [0.5, 0.6) is 0 Å². The van der Waals surface area contributed by atoms with Gasteiger partial charge in [0, 0.05) is 6.54 Å². The summed E-state index contributed by atoms with van der Waals surface area (Å²) in [6, 6.07) is 16.1. The topological polar surface area (TPSA) is 87.0 Å². The van der Waals surface area contributed by atoms with Crippen molar-refractivity contribution in [1.29, 1.82) is 0 Å². The smallest absolute Gasteiger partial charge is 0.307 e. The molecule has 0 aliphatic carbocycles. The number of benzene rings is 2. The van der Waals surface area contributed by atoms with E-state index in [1.54, 1.807) is 0 Å². The quantitative estimate of drug-likeness (QED) is 0.547. The summed E-state index contributed by atoms with van der Waals surface area (Å²) >= 11 is 0. The Labute approximate surface area is 168 Å². The number of carboxylic acid groups (broad SMARTS) is 1. The third kappa shape index (κ3) is 3.49. The summed E-state index contributed by atoms with van der Waals surface area (Å²) in [6.45, 7) is 2.71. The van der Waals surface area contributed by atoms with Gasteiger partial charge in [-0.1, -0.05) is 24.3 Å². The van der Waals surface area contributed by atoms with Crippen molar-refractivity contribution < 1.29 is 9.90 Å². The lowest BCUT2D eigenvalue weighted by Gasteiger charge is -2.30. The van der Waals surface area contributed by atoms with Crippen molar-refractivity contribution >= 4 is 28.0 Å². The molecule has 148 valence electrons. The van der Waals surface area contributed by atoms with Gasteiger partial charge in [0.05, 0.1) is 41.1 Å². The first kappa shape index (κ1) is 17.9. The number of nitrogens with zero attached hydrogens (tertiary/aromatic N) is 4. The average Bonchev–Trinajstić information content (AvgIpc) is 3.29. The zero-order chi connectivity index (χ0) is 19.8. The van der Waals surface area contributed by atoms with Gasteiger partial charge >= 0.3 is 5.97 Å². The first-order valence-corrected chi connectivity index (χ1v) is 10.0. The summed E-state index contributed by atoms with van der Waals surface area (Å²) < 4.78 is 2.19. The normalized spacial score (nSPS) is 17.9. The van der Waals surface area contributed by atoms with Crippen molar-refractivity contribution in [3.05, 3.63) is 60.2 Å². The van der Waals surface area contributed by atoms with E-state index in [2.05, 4.69) is 20.5 Å². The molecule has 1 saturated heterocycles. The van der Waals surface area contributed by atoms with Crippen LogP contribution in [0.3, 0.4) is 0 Å². The lowest BCUT2D eigenvalue weighted by atomic mass is 9.98. The van der Waals surface area contributed by atoms with E-state index < -0.39 is 5.97 Å². The minimum atomic E-state index is -0.703. The summed E-state index contributed by atoms with van der Waals surface area (Å²) in [5.74, 6) is 0.831. The van der Waals surface area contributed by atoms with Gasteiger partial charge in [0.25, 0.3) is 0 Å². The Morgan fingerprint density at radius 1 is 1.07 bits per heavy atom. The van der Waals surface area contributed by atoms with Crippen molar-refractivity contribution in [2.24, 2.45) is 5.92 Å². The lowest BCUT2D eigenvalue weighted by Crippen LogP contribution is -2.38. The molecule has 4 aromatic rings. The number of H-pyrrole nitrogens is 1. The zero-order valence-corrected chi connectivity index (χ0v) is 16.1. The number of fused-ring (bicyclic) bond motifs is 2. The van der Waals surface area contributed by atoms with Crippen LogP contribution in [0, 0.1) is 5.92 Å². The Bertz CT molecular complexity index is 1150. The maximum absolute atomic E-state index is 11.4. The molecule has 2 aromatic heterocycles. The Hall–Kier alpha value is -3.19. The highest BCUT2D eigenvalue weighted by Crippen LogP contribution is 2.23. The van der Waals surface area contributed by atoms with E-state index in [1.807, 2.05) is 42.5 Å². The van der Waals surface area contributed by atoms with Gasteiger partial charge in [-0.15, -0.1) is 0 Å². The SMILES string of the molecule is O=C(O)C1CCCN(Cc2nc3ccccc3n2Cc2nc3ccccc3[nH]2)C1. The maximum Gasteiger partial charge on any atom is 0.307 e. The van der Waals surface area contributed by atoms with E-state index in [1.165, 1.54) is 0 Å². The number of aromatic nitrogens is 4. The number of imidazole rings is 2. The number of para-hydroxylation sites is 4. The van der Waals surface area contributed by atoms with E-state index >= 15 is 0 Å². The highest BCUT2D eigenvalue weighted by molar-refractivity contribution is 5.77. The number of rotatable bonds is 5. The fourth-order valence-corrected chi connectivity index (χ4v) is 4.25. The fourth-order valence-electron chi connectivity index (χ4n) is 4.25. The molecule has 0 spiro atoms. The monoisotopic (exact) mass is 389 g/mol. The summed E-state index contributed by atoms with van der Waals surface area (Å²) in [5, 5.41) is 9.40. The van der Waals surface area contributed by atoms with Gasteiger partial charge in [0.2, 0.25) is 0 Å². The van der Waals surface area contributed by atoms with Gasteiger partial charge < -0.3 is 14.7 Å². The van der Waals surface area contributed by atoms with Crippen molar-refractivity contribution in [1.82, 2.24) is 24.4 Å². The number of carboxylic acids is 1. The largest absolute Gasteiger partial charge is 0.481 e. The molecule has 3 heterocycles. The summed E-state index contributed by atoms with van der Waals surface area (Å²) in [4.78, 5) is 26.6. The van der Waals surface area contributed by atoms with Crippen LogP contribution < -0.4 is 0 Å².